The molecule has 3 nitrogen and oxygen atoms in total. The van der Waals surface area contributed by atoms with E-state index in [1.165, 1.54) is 18.9 Å². The number of hydrogen-bond acceptors (Lipinski definition) is 2. The van der Waals surface area contributed by atoms with Gasteiger partial charge in [-0.25, -0.2) is 0 Å². The number of amides is 1. The molecule has 1 saturated carbocycles. The number of Topliss-reactive ketones (excluding diaryl/α,β-unsaturated/α-hetero) is 1. The van der Waals surface area contributed by atoms with Crippen molar-refractivity contribution < 1.29 is 9.59 Å². The number of carbonyl (C=O) groups is 2. The van der Waals surface area contributed by atoms with Gasteiger partial charge in [0.1, 0.15) is 0 Å². The van der Waals surface area contributed by atoms with Crippen LogP contribution in [0.1, 0.15) is 33.1 Å². The summed E-state index contributed by atoms with van der Waals surface area (Å²) in [6.45, 7) is 3.89. The van der Waals surface area contributed by atoms with Crippen LogP contribution in [0.4, 0.5) is 0 Å². The van der Waals surface area contributed by atoms with E-state index in [0.29, 0.717) is 12.3 Å². The molecule has 0 aromatic carbocycles. The standard InChI is InChI=1S/C11H17NO2/c1-8(2)5-11(14)12-7-10(13)6-9-3-4-9/h5,9H,3-4,6-7H2,1-2H3,(H,12,14). The van der Waals surface area contributed by atoms with E-state index in [2.05, 4.69) is 5.32 Å². The van der Waals surface area contributed by atoms with Gasteiger partial charge in [0.15, 0.2) is 5.78 Å². The highest BCUT2D eigenvalue weighted by Gasteiger charge is 2.23. The van der Waals surface area contributed by atoms with Crippen molar-refractivity contribution in [2.24, 2.45) is 5.92 Å². The zero-order valence-electron chi connectivity index (χ0n) is 8.80. The Labute approximate surface area is 84.6 Å². The molecule has 0 aromatic rings. The highest BCUT2D eigenvalue weighted by atomic mass is 16.2. The molecule has 1 rings (SSSR count). The van der Waals surface area contributed by atoms with Crippen LogP contribution < -0.4 is 5.32 Å². The first-order valence-corrected chi connectivity index (χ1v) is 5.02. The van der Waals surface area contributed by atoms with Gasteiger partial charge < -0.3 is 5.32 Å². The normalized spacial score (nSPS) is 14.7. The summed E-state index contributed by atoms with van der Waals surface area (Å²) in [5.41, 5.74) is 0.942. The van der Waals surface area contributed by atoms with E-state index < -0.39 is 0 Å². The molecule has 0 aliphatic heterocycles. The quantitative estimate of drug-likeness (QED) is 0.675. The summed E-state index contributed by atoms with van der Waals surface area (Å²) in [7, 11) is 0. The molecule has 1 fully saturated rings. The lowest BCUT2D eigenvalue weighted by Crippen LogP contribution is -2.28. The summed E-state index contributed by atoms with van der Waals surface area (Å²) in [6, 6.07) is 0. The van der Waals surface area contributed by atoms with Crippen LogP contribution in [0.25, 0.3) is 0 Å². The zero-order valence-corrected chi connectivity index (χ0v) is 8.80. The summed E-state index contributed by atoms with van der Waals surface area (Å²) in [5, 5.41) is 2.58. The van der Waals surface area contributed by atoms with Gasteiger partial charge in [0.2, 0.25) is 5.91 Å². The average molecular weight is 195 g/mol. The second-order valence-electron chi connectivity index (χ2n) is 4.13. The maximum atomic E-state index is 11.2. The van der Waals surface area contributed by atoms with Crippen molar-refractivity contribution in [1.82, 2.24) is 5.32 Å². The third-order valence-corrected chi connectivity index (χ3v) is 2.09. The Kier molecular flexibility index (Phi) is 3.86. The van der Waals surface area contributed by atoms with E-state index in [1.807, 2.05) is 13.8 Å². The van der Waals surface area contributed by atoms with Gasteiger partial charge in [-0.1, -0.05) is 5.57 Å². The lowest BCUT2D eigenvalue weighted by Gasteiger charge is -2.00. The molecule has 0 heterocycles. The molecule has 0 unspecified atom stereocenters. The van der Waals surface area contributed by atoms with Crippen molar-refractivity contribution in [3.63, 3.8) is 0 Å². The van der Waals surface area contributed by atoms with Crippen molar-refractivity contribution in [1.29, 1.82) is 0 Å². The van der Waals surface area contributed by atoms with Crippen LogP contribution in [-0.4, -0.2) is 18.2 Å². The summed E-state index contributed by atoms with van der Waals surface area (Å²) in [5.74, 6) is 0.569. The Morgan fingerprint density at radius 3 is 2.50 bits per heavy atom. The van der Waals surface area contributed by atoms with E-state index in [1.54, 1.807) is 0 Å². The molecule has 1 aliphatic rings. The number of ketones is 1. The Hall–Kier alpha value is -1.12. The van der Waals surface area contributed by atoms with Crippen LogP contribution in [-0.2, 0) is 9.59 Å². The Balaban J connectivity index is 2.15. The van der Waals surface area contributed by atoms with Crippen LogP contribution in [0.5, 0.6) is 0 Å². The highest BCUT2D eigenvalue weighted by Crippen LogP contribution is 2.32. The predicted molar refractivity (Wildman–Crippen MR) is 54.8 cm³/mol. The van der Waals surface area contributed by atoms with Crippen molar-refractivity contribution in [3.8, 4) is 0 Å². The van der Waals surface area contributed by atoms with Gasteiger partial charge >= 0.3 is 0 Å². The second kappa shape index (κ2) is 4.94. The third-order valence-electron chi connectivity index (χ3n) is 2.09. The van der Waals surface area contributed by atoms with Gasteiger partial charge in [-0.3, -0.25) is 9.59 Å². The third kappa shape index (κ3) is 4.80. The molecule has 14 heavy (non-hydrogen) atoms. The minimum atomic E-state index is -0.172. The Bertz CT molecular complexity index is 260. The van der Waals surface area contributed by atoms with E-state index in [9.17, 15) is 9.59 Å². The average Bonchev–Trinajstić information content (AvgIpc) is 2.83. The molecule has 1 aliphatic carbocycles. The summed E-state index contributed by atoms with van der Waals surface area (Å²) in [4.78, 5) is 22.4. The number of allylic oxidation sites excluding steroid dienone is 1. The summed E-state index contributed by atoms with van der Waals surface area (Å²) >= 11 is 0. The number of carbonyl (C=O) groups excluding carboxylic acids is 2. The first-order valence-electron chi connectivity index (χ1n) is 5.02. The number of nitrogens with one attached hydrogen (secondary N) is 1. The fourth-order valence-corrected chi connectivity index (χ4v) is 1.22. The monoisotopic (exact) mass is 195 g/mol. The van der Waals surface area contributed by atoms with Crippen LogP contribution in [0.15, 0.2) is 11.6 Å². The minimum absolute atomic E-state index is 0.142. The molecule has 3 heteroatoms. The van der Waals surface area contributed by atoms with E-state index in [4.69, 9.17) is 0 Å². The van der Waals surface area contributed by atoms with E-state index in [-0.39, 0.29) is 18.2 Å². The Morgan fingerprint density at radius 1 is 1.36 bits per heavy atom. The summed E-state index contributed by atoms with van der Waals surface area (Å²) < 4.78 is 0. The number of rotatable bonds is 5. The smallest absolute Gasteiger partial charge is 0.244 e. The SMILES string of the molecule is CC(C)=CC(=O)NCC(=O)CC1CC1. The molecule has 0 bridgehead atoms. The maximum Gasteiger partial charge on any atom is 0.244 e. The van der Waals surface area contributed by atoms with Gasteiger partial charge in [0, 0.05) is 12.5 Å². The van der Waals surface area contributed by atoms with Crippen LogP contribution >= 0.6 is 0 Å². The molecular formula is C11H17NO2. The molecule has 0 spiro atoms. The van der Waals surface area contributed by atoms with Crippen molar-refractivity contribution in [2.45, 2.75) is 33.1 Å². The lowest BCUT2D eigenvalue weighted by atomic mass is 10.2. The van der Waals surface area contributed by atoms with Gasteiger partial charge in [0.05, 0.1) is 6.54 Å². The molecule has 78 valence electrons. The molecule has 1 N–H and O–H groups in total. The van der Waals surface area contributed by atoms with Crippen molar-refractivity contribution in [2.75, 3.05) is 6.54 Å². The van der Waals surface area contributed by atoms with Crippen molar-refractivity contribution in [3.05, 3.63) is 11.6 Å². The number of hydrogen-bond donors (Lipinski definition) is 1. The Morgan fingerprint density at radius 2 is 2.00 bits per heavy atom. The first-order chi connectivity index (χ1) is 6.58. The van der Waals surface area contributed by atoms with Crippen molar-refractivity contribution >= 4 is 11.7 Å². The van der Waals surface area contributed by atoms with Crippen LogP contribution in [0.2, 0.25) is 0 Å². The molecular weight excluding hydrogens is 178 g/mol. The topological polar surface area (TPSA) is 46.2 Å². The molecule has 1 amide bonds. The summed E-state index contributed by atoms with van der Waals surface area (Å²) in [6.07, 6.45) is 4.49. The first kappa shape index (κ1) is 11.0. The zero-order chi connectivity index (χ0) is 10.6. The highest BCUT2D eigenvalue weighted by molar-refractivity contribution is 5.92. The largest absolute Gasteiger partial charge is 0.345 e. The van der Waals surface area contributed by atoms with Gasteiger partial charge in [-0.05, 0) is 32.6 Å². The van der Waals surface area contributed by atoms with E-state index >= 15 is 0 Å². The van der Waals surface area contributed by atoms with E-state index in [0.717, 1.165) is 5.57 Å². The van der Waals surface area contributed by atoms with Gasteiger partial charge in [0.25, 0.3) is 0 Å². The second-order valence-corrected chi connectivity index (χ2v) is 4.13. The molecule has 0 saturated heterocycles. The van der Waals surface area contributed by atoms with Crippen LogP contribution in [0, 0.1) is 5.92 Å². The van der Waals surface area contributed by atoms with Gasteiger partial charge in [-0.2, -0.15) is 0 Å². The lowest BCUT2D eigenvalue weighted by molar-refractivity contribution is -0.122. The maximum absolute atomic E-state index is 11.2. The van der Waals surface area contributed by atoms with Crippen LogP contribution in [0.3, 0.4) is 0 Å². The molecule has 0 radical (unpaired) electrons. The fraction of sp³-hybridized carbons (Fsp3) is 0.636. The van der Waals surface area contributed by atoms with Gasteiger partial charge in [-0.15, -0.1) is 0 Å². The molecule has 0 atom stereocenters. The minimum Gasteiger partial charge on any atom is -0.345 e. The fourth-order valence-electron chi connectivity index (χ4n) is 1.22. The molecule has 0 aromatic heterocycles. The predicted octanol–water partition coefficient (Wildman–Crippen LogP) is 1.44.